The number of carbonyl (C=O) groups is 2. The van der Waals surface area contributed by atoms with Gasteiger partial charge in [-0.05, 0) is 33.4 Å². The Kier molecular flexibility index (Phi) is 7.23. The van der Waals surface area contributed by atoms with Gasteiger partial charge in [0.2, 0.25) is 11.8 Å². The average Bonchev–Trinajstić information content (AvgIpc) is 2.67. The third-order valence-corrected chi connectivity index (χ3v) is 6.95. The second-order valence-corrected chi connectivity index (χ2v) is 9.31. The number of likely N-dealkylation sites (N-methyl/N-ethyl adjacent to an activating group) is 1. The standard InChI is InChI=1S/C19H34N4O2S/c1-20(2)9-10-23-15-16(3-4-18(23)24)19(25)22-7-5-17(6-8-22)21-11-13-26-14-12-21/h16-17H,3-15H2,1-2H3. The molecule has 3 rings (SSSR count). The molecule has 0 aromatic rings. The maximum absolute atomic E-state index is 13.0. The minimum atomic E-state index is -0.00204. The number of piperidine rings is 2. The van der Waals surface area contributed by atoms with Crippen molar-refractivity contribution in [2.45, 2.75) is 31.7 Å². The summed E-state index contributed by atoms with van der Waals surface area (Å²) in [6.45, 7) is 6.36. The minimum absolute atomic E-state index is 0.00204. The molecule has 3 saturated heterocycles. The molecule has 3 aliphatic rings. The highest BCUT2D eigenvalue weighted by atomic mass is 32.2. The fourth-order valence-electron chi connectivity index (χ4n) is 4.31. The Morgan fingerprint density at radius 1 is 1.12 bits per heavy atom. The fraction of sp³-hybridized carbons (Fsp3) is 0.895. The topological polar surface area (TPSA) is 47.1 Å². The number of thioether (sulfide) groups is 1. The van der Waals surface area contributed by atoms with E-state index < -0.39 is 0 Å². The highest BCUT2D eigenvalue weighted by Gasteiger charge is 2.35. The summed E-state index contributed by atoms with van der Waals surface area (Å²) in [4.78, 5) is 33.8. The lowest BCUT2D eigenvalue weighted by atomic mass is 9.94. The molecule has 1 atom stereocenters. The number of hydrogen-bond acceptors (Lipinski definition) is 5. The quantitative estimate of drug-likeness (QED) is 0.705. The van der Waals surface area contributed by atoms with Crippen LogP contribution in [0, 0.1) is 5.92 Å². The van der Waals surface area contributed by atoms with Crippen LogP contribution in [0.5, 0.6) is 0 Å². The molecule has 26 heavy (non-hydrogen) atoms. The molecule has 1 unspecified atom stereocenters. The lowest BCUT2D eigenvalue weighted by Gasteiger charge is -2.41. The Bertz CT molecular complexity index is 488. The van der Waals surface area contributed by atoms with Crippen LogP contribution >= 0.6 is 11.8 Å². The molecule has 7 heteroatoms. The summed E-state index contributed by atoms with van der Waals surface area (Å²) in [6.07, 6.45) is 3.45. The SMILES string of the molecule is CN(C)CCN1CC(C(=O)N2CCC(N3CCSCC3)CC2)CCC1=O. The Labute approximate surface area is 162 Å². The van der Waals surface area contributed by atoms with E-state index in [2.05, 4.69) is 26.5 Å². The molecule has 3 fully saturated rings. The molecular weight excluding hydrogens is 348 g/mol. The van der Waals surface area contributed by atoms with Crippen molar-refractivity contribution in [3.63, 3.8) is 0 Å². The molecular formula is C19H34N4O2S. The second-order valence-electron chi connectivity index (χ2n) is 8.08. The smallest absolute Gasteiger partial charge is 0.227 e. The molecule has 2 amide bonds. The van der Waals surface area contributed by atoms with Gasteiger partial charge in [-0.3, -0.25) is 14.5 Å². The van der Waals surface area contributed by atoms with Gasteiger partial charge >= 0.3 is 0 Å². The molecule has 148 valence electrons. The Morgan fingerprint density at radius 2 is 1.81 bits per heavy atom. The van der Waals surface area contributed by atoms with E-state index in [1.165, 1.54) is 24.6 Å². The van der Waals surface area contributed by atoms with Crippen LogP contribution in [0.15, 0.2) is 0 Å². The van der Waals surface area contributed by atoms with E-state index in [1.807, 2.05) is 19.0 Å². The molecule has 0 aromatic heterocycles. The van der Waals surface area contributed by atoms with Crippen LogP contribution in [-0.2, 0) is 9.59 Å². The van der Waals surface area contributed by atoms with E-state index in [0.717, 1.165) is 45.4 Å². The van der Waals surface area contributed by atoms with E-state index in [0.29, 0.717) is 19.0 Å². The number of rotatable bonds is 5. The highest BCUT2D eigenvalue weighted by molar-refractivity contribution is 7.99. The maximum Gasteiger partial charge on any atom is 0.227 e. The van der Waals surface area contributed by atoms with Crippen molar-refractivity contribution in [1.29, 1.82) is 0 Å². The third-order valence-electron chi connectivity index (χ3n) is 6.00. The van der Waals surface area contributed by atoms with Crippen molar-refractivity contribution in [2.75, 3.05) is 71.4 Å². The Hall–Kier alpha value is -0.790. The van der Waals surface area contributed by atoms with E-state index in [-0.39, 0.29) is 17.7 Å². The summed E-state index contributed by atoms with van der Waals surface area (Å²) in [5, 5.41) is 0. The van der Waals surface area contributed by atoms with Gasteiger partial charge in [-0.25, -0.2) is 0 Å². The molecule has 3 heterocycles. The van der Waals surface area contributed by atoms with Crippen LogP contribution in [0.1, 0.15) is 25.7 Å². The van der Waals surface area contributed by atoms with E-state index >= 15 is 0 Å². The first-order valence-corrected chi connectivity index (χ1v) is 11.2. The molecule has 0 aliphatic carbocycles. The first-order valence-electron chi connectivity index (χ1n) is 10.1. The summed E-state index contributed by atoms with van der Waals surface area (Å²) in [7, 11) is 4.03. The molecule has 0 radical (unpaired) electrons. The van der Waals surface area contributed by atoms with Gasteiger partial charge in [0.25, 0.3) is 0 Å². The van der Waals surface area contributed by atoms with Gasteiger partial charge in [-0.2, -0.15) is 11.8 Å². The first-order chi connectivity index (χ1) is 12.5. The molecule has 3 aliphatic heterocycles. The number of carbonyl (C=O) groups excluding carboxylic acids is 2. The predicted molar refractivity (Wildman–Crippen MR) is 106 cm³/mol. The monoisotopic (exact) mass is 382 g/mol. The van der Waals surface area contributed by atoms with Crippen LogP contribution in [-0.4, -0.2) is 109 Å². The van der Waals surface area contributed by atoms with Crippen molar-refractivity contribution < 1.29 is 9.59 Å². The lowest BCUT2D eigenvalue weighted by molar-refractivity contribution is -0.144. The third kappa shape index (κ3) is 5.14. The number of hydrogen-bond donors (Lipinski definition) is 0. The van der Waals surface area contributed by atoms with E-state index in [9.17, 15) is 9.59 Å². The van der Waals surface area contributed by atoms with Gasteiger partial charge in [-0.1, -0.05) is 0 Å². The largest absolute Gasteiger partial charge is 0.342 e. The molecule has 0 saturated carbocycles. The summed E-state index contributed by atoms with van der Waals surface area (Å²) in [5.41, 5.74) is 0. The van der Waals surface area contributed by atoms with Crippen LogP contribution in [0.4, 0.5) is 0 Å². The minimum Gasteiger partial charge on any atom is -0.342 e. The van der Waals surface area contributed by atoms with Crippen LogP contribution in [0.25, 0.3) is 0 Å². The maximum atomic E-state index is 13.0. The van der Waals surface area contributed by atoms with Crippen LogP contribution in [0.3, 0.4) is 0 Å². The lowest BCUT2D eigenvalue weighted by Crippen LogP contribution is -2.52. The molecule has 0 N–H and O–H groups in total. The number of likely N-dealkylation sites (tertiary alicyclic amines) is 2. The van der Waals surface area contributed by atoms with Crippen molar-refractivity contribution in [1.82, 2.24) is 19.6 Å². The summed E-state index contributed by atoms with van der Waals surface area (Å²) >= 11 is 2.05. The summed E-state index contributed by atoms with van der Waals surface area (Å²) in [5.74, 6) is 2.98. The van der Waals surface area contributed by atoms with E-state index in [4.69, 9.17) is 0 Å². The summed E-state index contributed by atoms with van der Waals surface area (Å²) < 4.78 is 0. The average molecular weight is 383 g/mol. The molecule has 0 spiro atoms. The van der Waals surface area contributed by atoms with Crippen molar-refractivity contribution in [2.24, 2.45) is 5.92 Å². The van der Waals surface area contributed by atoms with Crippen LogP contribution < -0.4 is 0 Å². The van der Waals surface area contributed by atoms with E-state index in [1.54, 1.807) is 0 Å². The van der Waals surface area contributed by atoms with Gasteiger partial charge in [-0.15, -0.1) is 0 Å². The number of amides is 2. The zero-order valence-corrected chi connectivity index (χ0v) is 17.2. The van der Waals surface area contributed by atoms with Crippen LogP contribution in [0.2, 0.25) is 0 Å². The zero-order valence-electron chi connectivity index (χ0n) is 16.4. The van der Waals surface area contributed by atoms with Crippen molar-refractivity contribution in [3.05, 3.63) is 0 Å². The normalized spacial score (nSPS) is 26.6. The summed E-state index contributed by atoms with van der Waals surface area (Å²) in [6, 6.07) is 0.657. The number of nitrogens with zero attached hydrogens (tertiary/aromatic N) is 4. The Morgan fingerprint density at radius 3 is 2.46 bits per heavy atom. The molecule has 0 aromatic carbocycles. The predicted octanol–water partition coefficient (Wildman–Crippen LogP) is 0.826. The zero-order chi connectivity index (χ0) is 18.5. The molecule has 6 nitrogen and oxygen atoms in total. The van der Waals surface area contributed by atoms with Gasteiger partial charge < -0.3 is 14.7 Å². The molecule has 0 bridgehead atoms. The van der Waals surface area contributed by atoms with Crippen molar-refractivity contribution >= 4 is 23.6 Å². The second kappa shape index (κ2) is 9.42. The van der Waals surface area contributed by atoms with Gasteiger partial charge in [0, 0.05) is 69.8 Å². The van der Waals surface area contributed by atoms with Crippen molar-refractivity contribution in [3.8, 4) is 0 Å². The Balaban J connectivity index is 1.47. The fourth-order valence-corrected chi connectivity index (χ4v) is 5.24. The van der Waals surface area contributed by atoms with Gasteiger partial charge in [0.05, 0.1) is 5.92 Å². The first kappa shape index (κ1) is 20.0. The van der Waals surface area contributed by atoms with Gasteiger partial charge in [0.1, 0.15) is 0 Å². The highest BCUT2D eigenvalue weighted by Crippen LogP contribution is 2.24. The van der Waals surface area contributed by atoms with Gasteiger partial charge in [0.15, 0.2) is 0 Å².